The smallest absolute Gasteiger partial charge is 0.203 e. The molecule has 0 aliphatic carbocycles. The highest BCUT2D eigenvalue weighted by Crippen LogP contribution is 2.41. The van der Waals surface area contributed by atoms with Crippen molar-refractivity contribution >= 4 is 17.0 Å². The second kappa shape index (κ2) is 6.58. The molecule has 0 fully saturated rings. The predicted octanol–water partition coefficient (Wildman–Crippen LogP) is 3.97. The molecule has 0 bridgehead atoms. The Kier molecular flexibility index (Phi) is 4.33. The Morgan fingerprint density at radius 1 is 1.00 bits per heavy atom. The third-order valence-corrected chi connectivity index (χ3v) is 3.78. The second-order valence-electron chi connectivity index (χ2n) is 5.08. The van der Waals surface area contributed by atoms with Crippen LogP contribution in [0.1, 0.15) is 5.69 Å². The Morgan fingerprint density at radius 2 is 1.71 bits per heavy atom. The van der Waals surface area contributed by atoms with Crippen molar-refractivity contribution in [2.24, 2.45) is 0 Å². The Morgan fingerprint density at radius 3 is 2.29 bits per heavy atom. The van der Waals surface area contributed by atoms with Gasteiger partial charge in [0.1, 0.15) is 0 Å². The van der Waals surface area contributed by atoms with Crippen LogP contribution in [0.3, 0.4) is 0 Å². The third-order valence-electron chi connectivity index (χ3n) is 3.78. The van der Waals surface area contributed by atoms with Crippen molar-refractivity contribution in [3.05, 3.63) is 48.8 Å². The highest BCUT2D eigenvalue weighted by atomic mass is 16.5. The zero-order chi connectivity index (χ0) is 17.1. The lowest BCUT2D eigenvalue weighted by atomic mass is 10.1. The van der Waals surface area contributed by atoms with Crippen molar-refractivity contribution in [1.29, 1.82) is 0 Å². The summed E-state index contributed by atoms with van der Waals surface area (Å²) in [5, 5.41) is 0.962. The molecule has 0 N–H and O–H groups in total. The Bertz CT molecular complexity index is 881. The van der Waals surface area contributed by atoms with E-state index in [4.69, 9.17) is 14.2 Å². The molecule has 0 amide bonds. The normalized spacial score (nSPS) is 10.5. The number of hydrogen-bond acceptors (Lipinski definition) is 5. The minimum Gasteiger partial charge on any atom is -0.493 e. The fraction of sp³-hybridized carbons (Fsp3) is 0.158. The van der Waals surface area contributed by atoms with E-state index in [1.54, 1.807) is 33.6 Å². The molecule has 122 valence electrons. The lowest BCUT2D eigenvalue weighted by molar-refractivity contribution is 0.324. The molecule has 0 aliphatic rings. The van der Waals surface area contributed by atoms with Crippen LogP contribution in [0.2, 0.25) is 0 Å². The van der Waals surface area contributed by atoms with Gasteiger partial charge >= 0.3 is 0 Å². The van der Waals surface area contributed by atoms with Crippen LogP contribution in [0, 0.1) is 0 Å². The van der Waals surface area contributed by atoms with Gasteiger partial charge in [0.15, 0.2) is 11.5 Å². The van der Waals surface area contributed by atoms with E-state index in [1.165, 1.54) is 0 Å². The van der Waals surface area contributed by atoms with Crippen LogP contribution in [-0.2, 0) is 0 Å². The van der Waals surface area contributed by atoms with E-state index in [0.29, 0.717) is 17.2 Å². The van der Waals surface area contributed by atoms with E-state index in [1.807, 2.05) is 30.3 Å². The topological polar surface area (TPSA) is 53.5 Å². The molecule has 3 aromatic rings. The van der Waals surface area contributed by atoms with Crippen LogP contribution in [-0.4, -0.2) is 31.3 Å². The summed E-state index contributed by atoms with van der Waals surface area (Å²) in [6, 6.07) is 9.53. The lowest BCUT2D eigenvalue weighted by Gasteiger charge is -2.14. The number of nitrogens with zero attached hydrogens (tertiary/aromatic N) is 2. The molecule has 1 aromatic carbocycles. The first-order valence-electron chi connectivity index (χ1n) is 7.40. The summed E-state index contributed by atoms with van der Waals surface area (Å²) in [5.74, 6) is 1.71. The maximum atomic E-state index is 5.42. The van der Waals surface area contributed by atoms with E-state index < -0.39 is 0 Å². The molecule has 0 saturated heterocycles. The SMILES string of the molecule is C=Cc1nc(-c2cc(OC)c(OC)c(OC)c2)cc2ncccc12. The molecule has 3 rings (SSSR count). The zero-order valence-corrected chi connectivity index (χ0v) is 13.9. The Hall–Kier alpha value is -3.08. The summed E-state index contributed by atoms with van der Waals surface area (Å²) in [4.78, 5) is 9.11. The summed E-state index contributed by atoms with van der Waals surface area (Å²) < 4.78 is 16.2. The van der Waals surface area contributed by atoms with Gasteiger partial charge in [-0.05, 0) is 36.4 Å². The number of rotatable bonds is 5. The van der Waals surface area contributed by atoms with Gasteiger partial charge in [-0.25, -0.2) is 4.98 Å². The van der Waals surface area contributed by atoms with Crippen LogP contribution < -0.4 is 14.2 Å². The molecule has 24 heavy (non-hydrogen) atoms. The average Bonchev–Trinajstić information content (AvgIpc) is 2.65. The van der Waals surface area contributed by atoms with Crippen molar-refractivity contribution in [3.63, 3.8) is 0 Å². The summed E-state index contributed by atoms with van der Waals surface area (Å²) >= 11 is 0. The summed E-state index contributed by atoms with van der Waals surface area (Å²) in [5.41, 5.74) is 3.24. The van der Waals surface area contributed by atoms with Crippen molar-refractivity contribution in [3.8, 4) is 28.5 Å². The highest BCUT2D eigenvalue weighted by Gasteiger charge is 2.15. The molecule has 0 spiro atoms. The van der Waals surface area contributed by atoms with Crippen LogP contribution in [0.15, 0.2) is 43.1 Å². The number of methoxy groups -OCH3 is 3. The quantitative estimate of drug-likeness (QED) is 0.711. The fourth-order valence-corrected chi connectivity index (χ4v) is 2.63. The minimum atomic E-state index is 0.548. The van der Waals surface area contributed by atoms with Gasteiger partial charge in [0, 0.05) is 17.1 Å². The van der Waals surface area contributed by atoms with Crippen LogP contribution in [0.25, 0.3) is 28.2 Å². The fourth-order valence-electron chi connectivity index (χ4n) is 2.63. The second-order valence-corrected chi connectivity index (χ2v) is 5.08. The van der Waals surface area contributed by atoms with Crippen molar-refractivity contribution < 1.29 is 14.2 Å². The maximum absolute atomic E-state index is 5.42. The molecular weight excluding hydrogens is 304 g/mol. The first-order valence-corrected chi connectivity index (χ1v) is 7.40. The largest absolute Gasteiger partial charge is 0.493 e. The molecule has 0 atom stereocenters. The van der Waals surface area contributed by atoms with E-state index in [0.717, 1.165) is 27.9 Å². The van der Waals surface area contributed by atoms with Gasteiger partial charge in [0.05, 0.1) is 38.2 Å². The van der Waals surface area contributed by atoms with Gasteiger partial charge in [-0.1, -0.05) is 6.58 Å². The number of ether oxygens (including phenoxy) is 3. The number of hydrogen-bond donors (Lipinski definition) is 0. The monoisotopic (exact) mass is 322 g/mol. The van der Waals surface area contributed by atoms with Gasteiger partial charge in [-0.2, -0.15) is 0 Å². The van der Waals surface area contributed by atoms with E-state index in [9.17, 15) is 0 Å². The molecule has 5 nitrogen and oxygen atoms in total. The van der Waals surface area contributed by atoms with Crippen molar-refractivity contribution in [2.45, 2.75) is 0 Å². The first kappa shape index (κ1) is 15.8. The molecule has 0 radical (unpaired) electrons. The Balaban J connectivity index is 2.25. The molecule has 2 heterocycles. The van der Waals surface area contributed by atoms with Gasteiger partial charge < -0.3 is 14.2 Å². The molecular formula is C19H18N2O3. The summed E-state index contributed by atoms with van der Waals surface area (Å²) in [6.07, 6.45) is 3.49. The maximum Gasteiger partial charge on any atom is 0.203 e. The number of benzene rings is 1. The van der Waals surface area contributed by atoms with E-state index in [2.05, 4.69) is 16.5 Å². The Labute approximate surface area is 140 Å². The zero-order valence-electron chi connectivity index (χ0n) is 13.9. The number of fused-ring (bicyclic) bond motifs is 1. The molecule has 0 unspecified atom stereocenters. The lowest BCUT2D eigenvalue weighted by Crippen LogP contribution is -1.97. The molecule has 0 aliphatic heterocycles. The van der Waals surface area contributed by atoms with Crippen LogP contribution in [0.5, 0.6) is 17.2 Å². The van der Waals surface area contributed by atoms with Gasteiger partial charge in [-0.15, -0.1) is 0 Å². The number of pyridine rings is 2. The third kappa shape index (κ3) is 2.65. The van der Waals surface area contributed by atoms with E-state index >= 15 is 0 Å². The van der Waals surface area contributed by atoms with Gasteiger partial charge in [0.2, 0.25) is 5.75 Å². The minimum absolute atomic E-state index is 0.548. The average molecular weight is 322 g/mol. The summed E-state index contributed by atoms with van der Waals surface area (Å²) in [7, 11) is 4.76. The molecule has 0 saturated carbocycles. The standard InChI is InChI=1S/C19H18N2O3/c1-5-14-13-7-6-8-20-16(13)11-15(21-14)12-9-17(22-2)19(24-4)18(10-12)23-3/h5-11H,1H2,2-4H3. The predicted molar refractivity (Wildman–Crippen MR) is 94.7 cm³/mol. The van der Waals surface area contributed by atoms with Crippen LogP contribution in [0.4, 0.5) is 0 Å². The first-order chi connectivity index (χ1) is 11.7. The molecule has 5 heteroatoms. The number of aromatic nitrogens is 2. The van der Waals surface area contributed by atoms with E-state index in [-0.39, 0.29) is 0 Å². The van der Waals surface area contributed by atoms with Gasteiger partial charge in [-0.3, -0.25) is 4.98 Å². The highest BCUT2D eigenvalue weighted by molar-refractivity contribution is 5.89. The van der Waals surface area contributed by atoms with Gasteiger partial charge in [0.25, 0.3) is 0 Å². The molecule has 2 aromatic heterocycles. The van der Waals surface area contributed by atoms with Crippen molar-refractivity contribution in [2.75, 3.05) is 21.3 Å². The van der Waals surface area contributed by atoms with Crippen LogP contribution >= 0.6 is 0 Å². The van der Waals surface area contributed by atoms with Crippen molar-refractivity contribution in [1.82, 2.24) is 9.97 Å². The summed E-state index contributed by atoms with van der Waals surface area (Å²) in [6.45, 7) is 3.85.